The summed E-state index contributed by atoms with van der Waals surface area (Å²) in [6, 6.07) is 7.23. The van der Waals surface area contributed by atoms with Gasteiger partial charge in [0.25, 0.3) is 11.8 Å². The zero-order valence-corrected chi connectivity index (χ0v) is 15.4. The summed E-state index contributed by atoms with van der Waals surface area (Å²) in [5, 5.41) is 14.7. The summed E-state index contributed by atoms with van der Waals surface area (Å²) in [5.74, 6) is -0.581. The first-order valence-electron chi connectivity index (χ1n) is 7.39. The first-order chi connectivity index (χ1) is 11.9. The van der Waals surface area contributed by atoms with Crippen LogP contribution in [0, 0.1) is 20.8 Å². The number of carbonyl (C=O) groups is 2. The van der Waals surface area contributed by atoms with E-state index in [0.717, 1.165) is 21.9 Å². The van der Waals surface area contributed by atoms with E-state index in [1.54, 1.807) is 19.1 Å². The molecule has 2 amide bonds. The lowest BCUT2D eigenvalue weighted by atomic mass is 10.1. The minimum absolute atomic E-state index is 0.263. The Morgan fingerprint density at radius 2 is 1.56 bits per heavy atom. The summed E-state index contributed by atoms with van der Waals surface area (Å²) in [4.78, 5) is 29.3. The molecule has 2 aromatic heterocycles. The first kappa shape index (κ1) is 17.2. The molecule has 0 aliphatic carbocycles. The van der Waals surface area contributed by atoms with Gasteiger partial charge >= 0.3 is 0 Å². The van der Waals surface area contributed by atoms with Gasteiger partial charge in [0.15, 0.2) is 5.13 Å². The average molecular weight is 373 g/mol. The molecule has 0 spiro atoms. The van der Waals surface area contributed by atoms with Crippen LogP contribution in [0.5, 0.6) is 0 Å². The molecule has 1 aromatic carbocycles. The lowest BCUT2D eigenvalue weighted by Gasteiger charge is -2.01. The van der Waals surface area contributed by atoms with Crippen molar-refractivity contribution in [3.63, 3.8) is 0 Å². The summed E-state index contributed by atoms with van der Waals surface area (Å²) in [5.41, 5.74) is 2.16. The Bertz CT molecular complexity index is 930. The highest BCUT2D eigenvalue weighted by molar-refractivity contribution is 7.18. The van der Waals surface area contributed by atoms with Crippen LogP contribution in [0.2, 0.25) is 0 Å². The maximum absolute atomic E-state index is 12.3. The number of thiazole rings is 1. The Morgan fingerprint density at radius 3 is 2.20 bits per heavy atom. The zero-order valence-electron chi connectivity index (χ0n) is 13.8. The molecule has 0 atom stereocenters. The molecule has 25 heavy (non-hydrogen) atoms. The fourth-order valence-corrected chi connectivity index (χ4v) is 3.48. The van der Waals surface area contributed by atoms with E-state index in [-0.39, 0.29) is 11.8 Å². The smallest absolute Gasteiger partial charge is 0.269 e. The maximum Gasteiger partial charge on any atom is 0.269 e. The minimum Gasteiger partial charge on any atom is -0.298 e. The van der Waals surface area contributed by atoms with E-state index < -0.39 is 0 Å². The number of amides is 2. The van der Waals surface area contributed by atoms with Gasteiger partial charge in [0, 0.05) is 5.56 Å². The predicted molar refractivity (Wildman–Crippen MR) is 98.6 cm³/mol. The van der Waals surface area contributed by atoms with Gasteiger partial charge in [-0.15, -0.1) is 10.2 Å². The van der Waals surface area contributed by atoms with Crippen LogP contribution in [-0.2, 0) is 0 Å². The average Bonchev–Trinajstić information content (AvgIpc) is 3.13. The molecule has 0 radical (unpaired) electrons. The molecule has 3 aromatic rings. The van der Waals surface area contributed by atoms with E-state index in [0.29, 0.717) is 26.4 Å². The van der Waals surface area contributed by atoms with E-state index in [1.165, 1.54) is 11.3 Å². The molecule has 0 aliphatic heterocycles. The third-order valence-electron chi connectivity index (χ3n) is 3.28. The Hall–Kier alpha value is -2.65. The lowest BCUT2D eigenvalue weighted by molar-refractivity contribution is 0.102. The van der Waals surface area contributed by atoms with Crippen LogP contribution >= 0.6 is 22.7 Å². The highest BCUT2D eigenvalue weighted by Gasteiger charge is 2.18. The summed E-state index contributed by atoms with van der Waals surface area (Å²) in [6.45, 7) is 5.48. The Kier molecular flexibility index (Phi) is 4.86. The van der Waals surface area contributed by atoms with Crippen LogP contribution < -0.4 is 10.6 Å². The molecular weight excluding hydrogens is 358 g/mol. The topological polar surface area (TPSA) is 96.9 Å². The molecular formula is C16H15N5O2S2. The Balaban J connectivity index is 1.72. The van der Waals surface area contributed by atoms with Gasteiger partial charge in [-0.25, -0.2) is 4.98 Å². The van der Waals surface area contributed by atoms with Crippen molar-refractivity contribution in [1.82, 2.24) is 15.2 Å². The van der Waals surface area contributed by atoms with Crippen LogP contribution in [0.3, 0.4) is 0 Å². The van der Waals surface area contributed by atoms with Crippen LogP contribution in [-0.4, -0.2) is 27.0 Å². The molecule has 2 heterocycles. The van der Waals surface area contributed by atoms with Crippen molar-refractivity contribution in [1.29, 1.82) is 0 Å². The van der Waals surface area contributed by atoms with Crippen molar-refractivity contribution in [2.45, 2.75) is 20.8 Å². The van der Waals surface area contributed by atoms with Gasteiger partial charge in [0.05, 0.1) is 5.69 Å². The minimum atomic E-state index is -0.318. The second-order valence-corrected chi connectivity index (χ2v) is 7.51. The highest BCUT2D eigenvalue weighted by atomic mass is 32.1. The van der Waals surface area contributed by atoms with E-state index in [1.807, 2.05) is 26.0 Å². The van der Waals surface area contributed by atoms with E-state index in [2.05, 4.69) is 25.8 Å². The van der Waals surface area contributed by atoms with Gasteiger partial charge in [0.2, 0.25) is 5.13 Å². The summed E-state index contributed by atoms with van der Waals surface area (Å²) in [6.07, 6.45) is 0. The summed E-state index contributed by atoms with van der Waals surface area (Å²) in [7, 11) is 0. The van der Waals surface area contributed by atoms with Crippen molar-refractivity contribution in [2.24, 2.45) is 0 Å². The first-order valence-corrected chi connectivity index (χ1v) is 9.02. The number of carbonyl (C=O) groups excluding carboxylic acids is 2. The lowest BCUT2D eigenvalue weighted by Crippen LogP contribution is -2.11. The molecule has 9 heteroatoms. The number of nitrogens with one attached hydrogen (secondary N) is 2. The van der Waals surface area contributed by atoms with Crippen molar-refractivity contribution in [3.05, 3.63) is 51.0 Å². The van der Waals surface area contributed by atoms with Crippen LogP contribution in [0.1, 0.15) is 36.3 Å². The van der Waals surface area contributed by atoms with Gasteiger partial charge in [-0.3, -0.25) is 20.2 Å². The third kappa shape index (κ3) is 4.06. The third-order valence-corrected chi connectivity index (χ3v) is 5.11. The van der Waals surface area contributed by atoms with Gasteiger partial charge in [0.1, 0.15) is 9.88 Å². The number of hydrogen-bond donors (Lipinski definition) is 2. The fraction of sp³-hybridized carbons (Fsp3) is 0.188. The number of rotatable bonds is 4. The number of nitrogens with zero attached hydrogens (tertiary/aromatic N) is 3. The highest BCUT2D eigenvalue weighted by Crippen LogP contribution is 2.25. The molecule has 128 valence electrons. The molecule has 0 saturated heterocycles. The normalized spacial score (nSPS) is 10.5. The Labute approximate surface area is 152 Å². The second-order valence-electron chi connectivity index (χ2n) is 5.33. The summed E-state index contributed by atoms with van der Waals surface area (Å²) >= 11 is 2.41. The fourth-order valence-electron chi connectivity index (χ4n) is 2.04. The molecule has 0 fully saturated rings. The van der Waals surface area contributed by atoms with Crippen LogP contribution in [0.25, 0.3) is 0 Å². The van der Waals surface area contributed by atoms with Gasteiger partial charge in [-0.1, -0.05) is 40.4 Å². The zero-order chi connectivity index (χ0) is 18.0. The molecule has 0 bridgehead atoms. The quantitative estimate of drug-likeness (QED) is 0.730. The number of aryl methyl sites for hydroxylation is 3. The number of benzene rings is 1. The van der Waals surface area contributed by atoms with Crippen molar-refractivity contribution in [2.75, 3.05) is 10.6 Å². The molecule has 3 rings (SSSR count). The molecule has 7 nitrogen and oxygen atoms in total. The second kappa shape index (κ2) is 7.08. The monoisotopic (exact) mass is 373 g/mol. The molecule has 2 N–H and O–H groups in total. The number of anilines is 2. The van der Waals surface area contributed by atoms with Crippen LogP contribution in [0.15, 0.2) is 24.3 Å². The number of hydrogen-bond acceptors (Lipinski definition) is 7. The van der Waals surface area contributed by atoms with Gasteiger partial charge in [-0.2, -0.15) is 0 Å². The molecule has 0 saturated carbocycles. The summed E-state index contributed by atoms with van der Waals surface area (Å²) < 4.78 is 0. The standard InChI is InChI=1S/C16H15N5O2S2/c1-8-4-6-11(7-5-8)13(22)18-15-17-9(2)12(25-15)14(23)19-16-21-20-10(3)24-16/h4-7H,1-3H3,(H,17,18,22)(H,19,21,23). The van der Waals surface area contributed by atoms with Crippen LogP contribution in [0.4, 0.5) is 10.3 Å². The van der Waals surface area contributed by atoms with E-state index >= 15 is 0 Å². The van der Waals surface area contributed by atoms with Crippen molar-refractivity contribution in [3.8, 4) is 0 Å². The van der Waals surface area contributed by atoms with Crippen molar-refractivity contribution >= 4 is 44.8 Å². The largest absolute Gasteiger partial charge is 0.298 e. The van der Waals surface area contributed by atoms with Gasteiger partial charge in [-0.05, 0) is 32.9 Å². The number of aromatic nitrogens is 3. The van der Waals surface area contributed by atoms with E-state index in [9.17, 15) is 9.59 Å². The Morgan fingerprint density at radius 1 is 0.880 bits per heavy atom. The predicted octanol–water partition coefficient (Wildman–Crippen LogP) is 3.42. The molecule has 0 aliphatic rings. The molecule has 0 unspecified atom stereocenters. The SMILES string of the molecule is Cc1ccc(C(=O)Nc2nc(C)c(C(=O)Nc3nnc(C)s3)s2)cc1. The van der Waals surface area contributed by atoms with Gasteiger partial charge < -0.3 is 0 Å². The maximum atomic E-state index is 12.3. The van der Waals surface area contributed by atoms with E-state index in [4.69, 9.17) is 0 Å². The van der Waals surface area contributed by atoms with Crippen molar-refractivity contribution < 1.29 is 9.59 Å².